The average Bonchev–Trinajstić information content (AvgIpc) is 2.22. The molecule has 0 saturated carbocycles. The van der Waals surface area contributed by atoms with Gasteiger partial charge in [0, 0.05) is 19.2 Å². The third-order valence-corrected chi connectivity index (χ3v) is 2.96. The minimum atomic E-state index is -0.851. The van der Waals surface area contributed by atoms with Crippen LogP contribution in [0, 0.1) is 5.92 Å². The van der Waals surface area contributed by atoms with E-state index in [1.165, 1.54) is 18.9 Å². The van der Waals surface area contributed by atoms with Crippen LogP contribution in [0.25, 0.3) is 0 Å². The second kappa shape index (κ2) is 8.34. The summed E-state index contributed by atoms with van der Waals surface area (Å²) in [4.78, 5) is 12.8. The fraction of sp³-hybridized carbons (Fsp3) is 0.769. The lowest BCUT2D eigenvalue weighted by Gasteiger charge is -2.25. The Bertz CT molecular complexity index is 232. The number of carbonyl (C=O) groups is 1. The number of nitrogens with zero attached hydrogens (tertiary/aromatic N) is 1. The van der Waals surface area contributed by atoms with Crippen LogP contribution in [0.3, 0.4) is 0 Å². The molecule has 0 aliphatic heterocycles. The highest BCUT2D eigenvalue weighted by atomic mass is 16.4. The molecule has 0 rings (SSSR count). The van der Waals surface area contributed by atoms with E-state index < -0.39 is 5.97 Å². The van der Waals surface area contributed by atoms with E-state index in [0.29, 0.717) is 0 Å². The molecule has 0 amide bonds. The predicted molar refractivity (Wildman–Crippen MR) is 67.6 cm³/mol. The maximum absolute atomic E-state index is 10.5. The van der Waals surface area contributed by atoms with Crippen molar-refractivity contribution in [2.45, 2.75) is 40.5 Å². The molecule has 1 N–H and O–H groups in total. The van der Waals surface area contributed by atoms with Gasteiger partial charge in [0.05, 0.1) is 0 Å². The summed E-state index contributed by atoms with van der Waals surface area (Å²) in [6.07, 6.45) is 3.68. The lowest BCUT2D eigenvalue weighted by atomic mass is 10.0. The van der Waals surface area contributed by atoms with Gasteiger partial charge in [0.25, 0.3) is 0 Å². The van der Waals surface area contributed by atoms with Crippen molar-refractivity contribution >= 4 is 5.97 Å². The highest BCUT2D eigenvalue weighted by Crippen LogP contribution is 2.11. The second-order valence-corrected chi connectivity index (χ2v) is 4.34. The second-order valence-electron chi connectivity index (χ2n) is 4.34. The molecule has 0 heterocycles. The number of likely N-dealkylation sites (N-methyl/N-ethyl adjacent to an activating group) is 1. The summed E-state index contributed by atoms with van der Waals surface area (Å²) >= 11 is 0. The summed E-state index contributed by atoms with van der Waals surface area (Å²) in [6.45, 7) is 11.2. The summed E-state index contributed by atoms with van der Waals surface area (Å²) in [5.41, 5.74) is 0.917. The minimum absolute atomic E-state index is 0.720. The molecule has 0 bridgehead atoms. The van der Waals surface area contributed by atoms with Crippen LogP contribution in [0.5, 0.6) is 0 Å². The molecule has 0 aromatic carbocycles. The summed E-state index contributed by atoms with van der Waals surface area (Å²) in [5.74, 6) is -0.131. The highest BCUT2D eigenvalue weighted by molar-refractivity contribution is 5.80. The lowest BCUT2D eigenvalue weighted by Crippen LogP contribution is -2.30. The molecule has 0 fully saturated rings. The summed E-state index contributed by atoms with van der Waals surface area (Å²) < 4.78 is 0. The summed E-state index contributed by atoms with van der Waals surface area (Å²) in [6, 6.07) is 0. The topological polar surface area (TPSA) is 40.5 Å². The van der Waals surface area contributed by atoms with Gasteiger partial charge in [0.15, 0.2) is 0 Å². The first-order chi connectivity index (χ1) is 7.53. The average molecular weight is 227 g/mol. The van der Waals surface area contributed by atoms with Crippen LogP contribution in [0.4, 0.5) is 0 Å². The lowest BCUT2D eigenvalue weighted by molar-refractivity contribution is -0.131. The number of hydrogen-bond donors (Lipinski definition) is 1. The number of hydrogen-bond acceptors (Lipinski definition) is 2. The fourth-order valence-corrected chi connectivity index (χ4v) is 1.83. The molecule has 0 radical (unpaired) electrons. The molecule has 0 aliphatic carbocycles. The first-order valence-electron chi connectivity index (χ1n) is 6.15. The van der Waals surface area contributed by atoms with Crippen molar-refractivity contribution in [3.05, 3.63) is 11.6 Å². The van der Waals surface area contributed by atoms with E-state index >= 15 is 0 Å². The van der Waals surface area contributed by atoms with Gasteiger partial charge < -0.3 is 5.11 Å². The Hall–Kier alpha value is -0.830. The zero-order valence-corrected chi connectivity index (χ0v) is 11.0. The van der Waals surface area contributed by atoms with Crippen molar-refractivity contribution in [2.75, 3.05) is 19.6 Å². The monoisotopic (exact) mass is 227 g/mol. The van der Waals surface area contributed by atoms with Gasteiger partial charge in [-0.15, -0.1) is 0 Å². The zero-order chi connectivity index (χ0) is 12.6. The normalized spacial score (nSPS) is 12.5. The molecule has 0 aromatic heterocycles. The summed E-state index contributed by atoms with van der Waals surface area (Å²) in [7, 11) is 0. The molecule has 0 spiro atoms. The van der Waals surface area contributed by atoms with Crippen LogP contribution in [-0.4, -0.2) is 35.6 Å². The number of carboxylic acid groups (broad SMARTS) is 1. The Morgan fingerprint density at radius 3 is 2.25 bits per heavy atom. The number of carboxylic acids is 1. The van der Waals surface area contributed by atoms with E-state index in [1.807, 2.05) is 6.92 Å². The molecular formula is C13H25NO2. The molecule has 0 atom stereocenters. The molecule has 0 aliphatic rings. The zero-order valence-electron chi connectivity index (χ0n) is 11.0. The van der Waals surface area contributed by atoms with Crippen LogP contribution in [0.2, 0.25) is 0 Å². The largest absolute Gasteiger partial charge is 0.478 e. The van der Waals surface area contributed by atoms with Gasteiger partial charge >= 0.3 is 5.97 Å². The Labute approximate surface area is 99.1 Å². The van der Waals surface area contributed by atoms with Gasteiger partial charge in [-0.1, -0.05) is 39.2 Å². The maximum atomic E-state index is 10.5. The fourth-order valence-electron chi connectivity index (χ4n) is 1.83. The van der Waals surface area contributed by atoms with E-state index in [-0.39, 0.29) is 0 Å². The predicted octanol–water partition coefficient (Wildman–Crippen LogP) is 2.78. The van der Waals surface area contributed by atoms with E-state index in [0.717, 1.165) is 31.1 Å². The quantitative estimate of drug-likeness (QED) is 0.648. The molecule has 3 nitrogen and oxygen atoms in total. The number of rotatable bonds is 8. The van der Waals surface area contributed by atoms with Crippen LogP contribution in [-0.2, 0) is 4.79 Å². The van der Waals surface area contributed by atoms with Gasteiger partial charge in [-0.2, -0.15) is 0 Å². The summed E-state index contributed by atoms with van der Waals surface area (Å²) in [5, 5.41) is 8.65. The van der Waals surface area contributed by atoms with Gasteiger partial charge in [-0.3, -0.25) is 4.90 Å². The van der Waals surface area contributed by atoms with Gasteiger partial charge in [0.1, 0.15) is 0 Å². The van der Waals surface area contributed by atoms with Crippen LogP contribution in [0.1, 0.15) is 40.5 Å². The smallest absolute Gasteiger partial charge is 0.328 e. The Kier molecular flexibility index (Phi) is 7.90. The molecule has 0 aromatic rings. The Morgan fingerprint density at radius 2 is 1.88 bits per heavy atom. The van der Waals surface area contributed by atoms with Crippen molar-refractivity contribution in [1.82, 2.24) is 4.90 Å². The van der Waals surface area contributed by atoms with Gasteiger partial charge in [-0.05, 0) is 19.4 Å². The molecule has 0 saturated heterocycles. The van der Waals surface area contributed by atoms with E-state index in [4.69, 9.17) is 5.11 Å². The first-order valence-corrected chi connectivity index (χ1v) is 6.15. The van der Waals surface area contributed by atoms with Crippen molar-refractivity contribution in [2.24, 2.45) is 5.92 Å². The van der Waals surface area contributed by atoms with Crippen molar-refractivity contribution in [3.63, 3.8) is 0 Å². The maximum Gasteiger partial charge on any atom is 0.328 e. The van der Waals surface area contributed by atoms with Crippen molar-refractivity contribution in [1.29, 1.82) is 0 Å². The first kappa shape index (κ1) is 15.2. The van der Waals surface area contributed by atoms with Gasteiger partial charge in [-0.25, -0.2) is 4.79 Å². The molecule has 94 valence electrons. The third kappa shape index (κ3) is 6.62. The molecule has 0 unspecified atom stereocenters. The van der Waals surface area contributed by atoms with Crippen LogP contribution >= 0.6 is 0 Å². The highest BCUT2D eigenvalue weighted by Gasteiger charge is 2.10. The SMILES string of the molecule is CCC(CC)CN(CC)CC(C)=CC(=O)O. The van der Waals surface area contributed by atoms with Crippen LogP contribution < -0.4 is 0 Å². The Balaban J connectivity index is 4.24. The molecular weight excluding hydrogens is 202 g/mol. The van der Waals surface area contributed by atoms with Gasteiger partial charge in [0.2, 0.25) is 0 Å². The van der Waals surface area contributed by atoms with Crippen LogP contribution in [0.15, 0.2) is 11.6 Å². The minimum Gasteiger partial charge on any atom is -0.478 e. The molecule has 3 heteroatoms. The standard InChI is InChI=1S/C13H25NO2/c1-5-12(6-2)10-14(7-3)9-11(4)8-13(15)16/h8,12H,5-7,9-10H2,1-4H3,(H,15,16). The Morgan fingerprint density at radius 1 is 1.31 bits per heavy atom. The molecule has 16 heavy (non-hydrogen) atoms. The van der Waals surface area contributed by atoms with E-state index in [1.54, 1.807) is 0 Å². The van der Waals surface area contributed by atoms with Crippen molar-refractivity contribution < 1.29 is 9.90 Å². The van der Waals surface area contributed by atoms with Crippen molar-refractivity contribution in [3.8, 4) is 0 Å². The third-order valence-electron chi connectivity index (χ3n) is 2.96. The van der Waals surface area contributed by atoms with E-state index in [9.17, 15) is 4.79 Å². The number of aliphatic carboxylic acids is 1. The van der Waals surface area contributed by atoms with E-state index in [2.05, 4.69) is 25.7 Å².